The van der Waals surface area contributed by atoms with Crippen molar-refractivity contribution in [2.24, 2.45) is 0 Å². The van der Waals surface area contributed by atoms with Crippen molar-refractivity contribution in [3.63, 3.8) is 0 Å². The summed E-state index contributed by atoms with van der Waals surface area (Å²) in [5.74, 6) is -0.0231. The fourth-order valence-electron chi connectivity index (χ4n) is 1.61. The van der Waals surface area contributed by atoms with E-state index in [9.17, 15) is 4.79 Å². The van der Waals surface area contributed by atoms with Gasteiger partial charge in [-0.2, -0.15) is 0 Å². The smallest absolute Gasteiger partial charge is 0.270 e. The van der Waals surface area contributed by atoms with Crippen molar-refractivity contribution in [3.05, 3.63) is 30.6 Å². The van der Waals surface area contributed by atoms with E-state index >= 15 is 0 Å². The van der Waals surface area contributed by atoms with Gasteiger partial charge in [0.2, 0.25) is 0 Å². The summed E-state index contributed by atoms with van der Waals surface area (Å²) in [7, 11) is 1.75. The molecule has 0 saturated heterocycles. The molecule has 0 atom stereocenters. The van der Waals surface area contributed by atoms with Crippen LogP contribution in [0.25, 0.3) is 0 Å². The molecule has 1 amide bonds. The van der Waals surface area contributed by atoms with E-state index in [0.29, 0.717) is 17.9 Å². The van der Waals surface area contributed by atoms with Crippen LogP contribution in [0.3, 0.4) is 0 Å². The molecule has 0 radical (unpaired) electrons. The Kier molecular flexibility index (Phi) is 4.17. The molecule has 0 saturated carbocycles. The molecular formula is C12H19N3O. The number of aryl methyl sites for hydroxylation is 1. The summed E-state index contributed by atoms with van der Waals surface area (Å²) in [6, 6.07) is 1.72. The highest BCUT2D eigenvalue weighted by molar-refractivity contribution is 5.93. The van der Waals surface area contributed by atoms with Crippen LogP contribution < -0.4 is 5.73 Å². The number of likely N-dealkylation sites (N-methyl/N-ethyl adjacent to an activating group) is 1. The Hall–Kier alpha value is -1.71. The average molecular weight is 221 g/mol. The summed E-state index contributed by atoms with van der Waals surface area (Å²) in [6.07, 6.45) is 4.48. The highest BCUT2D eigenvalue weighted by Crippen LogP contribution is 2.13. The third-order valence-corrected chi connectivity index (χ3v) is 2.35. The fourth-order valence-corrected chi connectivity index (χ4v) is 1.61. The van der Waals surface area contributed by atoms with Gasteiger partial charge in [0.15, 0.2) is 0 Å². The molecule has 0 fully saturated rings. The van der Waals surface area contributed by atoms with Crippen LogP contribution in [-0.4, -0.2) is 29.0 Å². The second kappa shape index (κ2) is 5.39. The number of anilines is 1. The maximum Gasteiger partial charge on any atom is 0.270 e. The number of nitrogens with two attached hydrogens (primary N) is 1. The predicted molar refractivity (Wildman–Crippen MR) is 66.3 cm³/mol. The molecule has 1 heterocycles. The van der Waals surface area contributed by atoms with E-state index in [4.69, 9.17) is 5.73 Å². The minimum absolute atomic E-state index is 0.0231. The number of hydrogen-bond acceptors (Lipinski definition) is 2. The summed E-state index contributed by atoms with van der Waals surface area (Å²) >= 11 is 0. The minimum atomic E-state index is -0.0231. The van der Waals surface area contributed by atoms with Gasteiger partial charge in [-0.15, -0.1) is 6.58 Å². The number of nitrogens with zero attached hydrogens (tertiary/aromatic N) is 2. The maximum absolute atomic E-state index is 12.0. The molecule has 0 spiro atoms. The Morgan fingerprint density at radius 3 is 2.94 bits per heavy atom. The molecule has 0 bridgehead atoms. The molecular weight excluding hydrogens is 202 g/mol. The van der Waals surface area contributed by atoms with Crippen LogP contribution in [0.15, 0.2) is 24.9 Å². The summed E-state index contributed by atoms with van der Waals surface area (Å²) in [5.41, 5.74) is 6.98. The number of rotatable bonds is 5. The Morgan fingerprint density at radius 2 is 2.38 bits per heavy atom. The average Bonchev–Trinajstić information content (AvgIpc) is 2.59. The lowest BCUT2D eigenvalue weighted by Crippen LogP contribution is -2.28. The first-order valence-corrected chi connectivity index (χ1v) is 5.42. The molecule has 0 aliphatic carbocycles. The third-order valence-electron chi connectivity index (χ3n) is 2.35. The number of amides is 1. The van der Waals surface area contributed by atoms with Gasteiger partial charge in [0.25, 0.3) is 5.91 Å². The van der Waals surface area contributed by atoms with Crippen LogP contribution in [0.4, 0.5) is 5.69 Å². The van der Waals surface area contributed by atoms with Gasteiger partial charge in [0.05, 0.1) is 5.69 Å². The number of carbonyl (C=O) groups excluding carboxylic acids is 1. The van der Waals surface area contributed by atoms with E-state index < -0.39 is 0 Å². The van der Waals surface area contributed by atoms with Gasteiger partial charge in [0.1, 0.15) is 5.69 Å². The second-order valence-corrected chi connectivity index (χ2v) is 3.83. The number of carbonyl (C=O) groups is 1. The van der Waals surface area contributed by atoms with Gasteiger partial charge in [-0.1, -0.05) is 13.0 Å². The van der Waals surface area contributed by atoms with Gasteiger partial charge in [-0.3, -0.25) is 4.79 Å². The van der Waals surface area contributed by atoms with Crippen molar-refractivity contribution in [1.29, 1.82) is 0 Å². The number of nitrogen functional groups attached to an aromatic ring is 1. The Morgan fingerprint density at radius 1 is 1.69 bits per heavy atom. The van der Waals surface area contributed by atoms with E-state index in [1.807, 2.05) is 4.57 Å². The van der Waals surface area contributed by atoms with Gasteiger partial charge >= 0.3 is 0 Å². The largest absolute Gasteiger partial charge is 0.397 e. The van der Waals surface area contributed by atoms with E-state index in [1.165, 1.54) is 0 Å². The quantitative estimate of drug-likeness (QED) is 0.770. The van der Waals surface area contributed by atoms with E-state index in [1.54, 1.807) is 30.3 Å². The van der Waals surface area contributed by atoms with Crippen LogP contribution in [0.5, 0.6) is 0 Å². The first-order chi connectivity index (χ1) is 7.60. The first kappa shape index (κ1) is 12.4. The van der Waals surface area contributed by atoms with Crippen LogP contribution >= 0.6 is 0 Å². The van der Waals surface area contributed by atoms with Crippen LogP contribution in [0.2, 0.25) is 0 Å². The van der Waals surface area contributed by atoms with Crippen molar-refractivity contribution in [1.82, 2.24) is 9.47 Å². The molecule has 1 rings (SSSR count). The second-order valence-electron chi connectivity index (χ2n) is 3.83. The molecule has 0 aliphatic heterocycles. The summed E-state index contributed by atoms with van der Waals surface area (Å²) < 4.78 is 1.90. The van der Waals surface area contributed by atoms with Crippen molar-refractivity contribution >= 4 is 11.6 Å². The molecule has 1 aromatic rings. The first-order valence-electron chi connectivity index (χ1n) is 5.42. The van der Waals surface area contributed by atoms with Gasteiger partial charge < -0.3 is 15.2 Å². The molecule has 16 heavy (non-hydrogen) atoms. The standard InChI is InChI=1S/C12H19N3O/c1-4-6-14(3)12(16)11-8-10(13)9-15(11)7-5-2/h4,8-9H,1,5-7,13H2,2-3H3. The minimum Gasteiger partial charge on any atom is -0.397 e. The lowest BCUT2D eigenvalue weighted by Gasteiger charge is -2.16. The molecule has 0 aromatic carbocycles. The van der Waals surface area contributed by atoms with Gasteiger partial charge in [0, 0.05) is 26.3 Å². The predicted octanol–water partition coefficient (Wildman–Crippen LogP) is 1.74. The third kappa shape index (κ3) is 2.66. The molecule has 4 heteroatoms. The lowest BCUT2D eigenvalue weighted by atomic mass is 10.3. The topological polar surface area (TPSA) is 51.3 Å². The van der Waals surface area contributed by atoms with Crippen LogP contribution in [0.1, 0.15) is 23.8 Å². The number of hydrogen-bond donors (Lipinski definition) is 1. The highest BCUT2D eigenvalue weighted by atomic mass is 16.2. The fraction of sp³-hybridized carbons (Fsp3) is 0.417. The van der Waals surface area contributed by atoms with Crippen molar-refractivity contribution in [3.8, 4) is 0 Å². The summed E-state index contributed by atoms with van der Waals surface area (Å²) in [5, 5.41) is 0. The van der Waals surface area contributed by atoms with Gasteiger partial charge in [-0.25, -0.2) is 0 Å². The van der Waals surface area contributed by atoms with Crippen molar-refractivity contribution < 1.29 is 4.79 Å². The van der Waals surface area contributed by atoms with Crippen molar-refractivity contribution in [2.75, 3.05) is 19.3 Å². The van der Waals surface area contributed by atoms with E-state index in [2.05, 4.69) is 13.5 Å². The zero-order valence-electron chi connectivity index (χ0n) is 9.94. The van der Waals surface area contributed by atoms with Gasteiger partial charge in [-0.05, 0) is 12.5 Å². The zero-order chi connectivity index (χ0) is 12.1. The lowest BCUT2D eigenvalue weighted by molar-refractivity contribution is 0.0799. The van der Waals surface area contributed by atoms with Crippen molar-refractivity contribution in [2.45, 2.75) is 19.9 Å². The Bertz CT molecular complexity index is 382. The van der Waals surface area contributed by atoms with E-state index in [-0.39, 0.29) is 5.91 Å². The molecule has 0 unspecified atom stereocenters. The molecule has 88 valence electrons. The number of aromatic nitrogens is 1. The Balaban J connectivity index is 2.93. The molecule has 0 aliphatic rings. The summed E-state index contributed by atoms with van der Waals surface area (Å²) in [6.45, 7) is 7.03. The van der Waals surface area contributed by atoms with Crippen LogP contribution in [0, 0.1) is 0 Å². The molecule has 2 N–H and O–H groups in total. The normalized spacial score (nSPS) is 10.1. The summed E-state index contributed by atoms with van der Waals surface area (Å²) in [4.78, 5) is 13.7. The SMILES string of the molecule is C=CCN(C)C(=O)c1cc(N)cn1CCC. The molecule has 4 nitrogen and oxygen atoms in total. The van der Waals surface area contributed by atoms with E-state index in [0.717, 1.165) is 13.0 Å². The Labute approximate surface area is 96.3 Å². The maximum atomic E-state index is 12.0. The molecule has 1 aromatic heterocycles. The van der Waals surface area contributed by atoms with Crippen LogP contribution in [-0.2, 0) is 6.54 Å². The monoisotopic (exact) mass is 221 g/mol. The zero-order valence-corrected chi connectivity index (χ0v) is 9.94. The highest BCUT2D eigenvalue weighted by Gasteiger charge is 2.15.